The summed E-state index contributed by atoms with van der Waals surface area (Å²) in [5, 5.41) is 1.66. The number of rotatable bonds is 9. The Balaban J connectivity index is 1.73. The van der Waals surface area contributed by atoms with Crippen molar-refractivity contribution in [3.63, 3.8) is 0 Å². The van der Waals surface area contributed by atoms with E-state index in [9.17, 15) is 9.13 Å². The van der Waals surface area contributed by atoms with E-state index in [4.69, 9.17) is 0 Å². The van der Waals surface area contributed by atoms with Crippen molar-refractivity contribution in [2.24, 2.45) is 0 Å². The van der Waals surface area contributed by atoms with Gasteiger partial charge in [0.05, 0.1) is 7.14 Å². The fraction of sp³-hybridized carbons (Fsp3) is 0.172. The lowest BCUT2D eigenvalue weighted by atomic mass is 10.2. The maximum Gasteiger partial charge on any atom is 0.146 e. The average Bonchev–Trinajstić information content (AvgIpc) is 2.85. The molecule has 4 aromatic carbocycles. The van der Waals surface area contributed by atoms with Crippen LogP contribution in [0.5, 0.6) is 0 Å². The van der Waals surface area contributed by atoms with E-state index in [-0.39, 0.29) is 5.66 Å². The fourth-order valence-corrected chi connectivity index (χ4v) is 12.0. The SMILES string of the molecule is C[C@@H](CP(=O)(Cc1ccccc1)Cc1ccccc1)P(=O)(c1ccccc1)c1ccccc1. The third kappa shape index (κ3) is 5.64. The first kappa shape index (κ1) is 23.5. The molecule has 4 rings (SSSR count). The highest BCUT2D eigenvalue weighted by Crippen LogP contribution is 2.59. The maximum atomic E-state index is 14.8. The van der Waals surface area contributed by atoms with Gasteiger partial charge in [-0.25, -0.2) is 0 Å². The Morgan fingerprint density at radius 2 is 0.879 bits per heavy atom. The molecule has 0 aliphatic heterocycles. The van der Waals surface area contributed by atoms with Gasteiger partial charge in [0.1, 0.15) is 7.14 Å². The quantitative estimate of drug-likeness (QED) is 0.242. The van der Waals surface area contributed by atoms with Crippen LogP contribution in [-0.4, -0.2) is 11.8 Å². The van der Waals surface area contributed by atoms with Crippen molar-refractivity contribution < 1.29 is 9.13 Å². The van der Waals surface area contributed by atoms with E-state index in [1.807, 2.05) is 128 Å². The van der Waals surface area contributed by atoms with Crippen molar-refractivity contribution in [1.82, 2.24) is 0 Å². The standard InChI is InChI=1S/C29H30O2P2/c1-25(33(31,28-18-10-4-11-19-28)29-20-12-5-13-21-29)22-32(30,23-26-14-6-2-7-15-26)24-27-16-8-3-9-17-27/h2-21,25H,22-24H2,1H3/t25-/m0/s1. The summed E-state index contributed by atoms with van der Waals surface area (Å²) >= 11 is 0. The van der Waals surface area contributed by atoms with E-state index in [2.05, 4.69) is 0 Å². The molecular formula is C29H30O2P2. The molecule has 0 heterocycles. The van der Waals surface area contributed by atoms with Crippen molar-refractivity contribution in [3.8, 4) is 0 Å². The first-order chi connectivity index (χ1) is 16.0. The van der Waals surface area contributed by atoms with Crippen LogP contribution < -0.4 is 10.6 Å². The van der Waals surface area contributed by atoms with Crippen LogP contribution in [0.1, 0.15) is 18.1 Å². The summed E-state index contributed by atoms with van der Waals surface area (Å²) in [6, 6.07) is 39.5. The van der Waals surface area contributed by atoms with Crippen LogP contribution >= 0.6 is 14.3 Å². The smallest absolute Gasteiger partial charge is 0.146 e. The summed E-state index contributed by atoms with van der Waals surface area (Å²) in [5.41, 5.74) is 1.89. The van der Waals surface area contributed by atoms with Crippen molar-refractivity contribution in [2.75, 3.05) is 6.16 Å². The van der Waals surface area contributed by atoms with Gasteiger partial charge in [-0.15, -0.1) is 0 Å². The summed E-state index contributed by atoms with van der Waals surface area (Å²) in [7, 11) is -5.72. The summed E-state index contributed by atoms with van der Waals surface area (Å²) in [6.07, 6.45) is 1.45. The number of benzene rings is 4. The molecule has 2 nitrogen and oxygen atoms in total. The van der Waals surface area contributed by atoms with Crippen LogP contribution in [0.2, 0.25) is 0 Å². The molecule has 0 N–H and O–H groups in total. The predicted molar refractivity (Wildman–Crippen MR) is 142 cm³/mol. The zero-order valence-electron chi connectivity index (χ0n) is 19.0. The number of hydrogen-bond acceptors (Lipinski definition) is 2. The highest BCUT2D eigenvalue weighted by molar-refractivity contribution is 7.80. The lowest BCUT2D eigenvalue weighted by Gasteiger charge is -2.30. The molecule has 168 valence electrons. The van der Waals surface area contributed by atoms with Gasteiger partial charge >= 0.3 is 0 Å². The molecule has 4 aromatic rings. The first-order valence-corrected chi connectivity index (χ1v) is 15.4. The van der Waals surface area contributed by atoms with Crippen LogP contribution in [0.3, 0.4) is 0 Å². The van der Waals surface area contributed by atoms with Crippen molar-refractivity contribution in [3.05, 3.63) is 132 Å². The first-order valence-electron chi connectivity index (χ1n) is 11.4. The Morgan fingerprint density at radius 3 is 1.24 bits per heavy atom. The van der Waals surface area contributed by atoms with Crippen molar-refractivity contribution in [1.29, 1.82) is 0 Å². The van der Waals surface area contributed by atoms with Crippen LogP contribution in [0.25, 0.3) is 0 Å². The molecule has 0 fully saturated rings. The lowest BCUT2D eigenvalue weighted by Crippen LogP contribution is -2.26. The normalized spacial score (nSPS) is 12.9. The molecule has 0 amide bonds. The summed E-state index contributed by atoms with van der Waals surface area (Å²) in [5.74, 6) is 0. The van der Waals surface area contributed by atoms with Gasteiger partial charge in [0.15, 0.2) is 0 Å². The van der Waals surface area contributed by atoms with Gasteiger partial charge in [-0.2, -0.15) is 0 Å². The molecule has 0 aromatic heterocycles. The van der Waals surface area contributed by atoms with E-state index < -0.39 is 14.3 Å². The lowest BCUT2D eigenvalue weighted by molar-refractivity contribution is 0.566. The Labute approximate surface area is 197 Å². The molecular weight excluding hydrogens is 442 g/mol. The monoisotopic (exact) mass is 472 g/mol. The van der Waals surface area contributed by atoms with Crippen LogP contribution in [0, 0.1) is 0 Å². The second kappa shape index (κ2) is 10.5. The summed E-state index contributed by atoms with van der Waals surface area (Å²) < 4.78 is 29.3. The van der Waals surface area contributed by atoms with Crippen LogP contribution in [0.15, 0.2) is 121 Å². The molecule has 0 unspecified atom stereocenters. The molecule has 0 radical (unpaired) electrons. The Bertz CT molecular complexity index is 1150. The largest absolute Gasteiger partial charge is 0.323 e. The Hall–Kier alpha value is -2.66. The van der Waals surface area contributed by atoms with Gasteiger partial charge in [0, 0.05) is 34.8 Å². The summed E-state index contributed by atoms with van der Waals surface area (Å²) in [4.78, 5) is 0. The van der Waals surface area contributed by atoms with Gasteiger partial charge in [0.2, 0.25) is 0 Å². The van der Waals surface area contributed by atoms with E-state index in [0.29, 0.717) is 18.5 Å². The maximum absolute atomic E-state index is 14.8. The van der Waals surface area contributed by atoms with Crippen molar-refractivity contribution >= 4 is 24.9 Å². The van der Waals surface area contributed by atoms with Crippen LogP contribution in [0.4, 0.5) is 0 Å². The molecule has 1 atom stereocenters. The van der Waals surface area contributed by atoms with E-state index in [1.165, 1.54) is 0 Å². The van der Waals surface area contributed by atoms with Gasteiger partial charge in [-0.1, -0.05) is 128 Å². The van der Waals surface area contributed by atoms with E-state index in [0.717, 1.165) is 21.7 Å². The van der Waals surface area contributed by atoms with E-state index >= 15 is 0 Å². The average molecular weight is 473 g/mol. The molecule has 33 heavy (non-hydrogen) atoms. The summed E-state index contributed by atoms with van der Waals surface area (Å²) in [6.45, 7) is 2.02. The fourth-order valence-electron chi connectivity index (χ4n) is 4.57. The van der Waals surface area contributed by atoms with E-state index in [1.54, 1.807) is 0 Å². The van der Waals surface area contributed by atoms with Crippen molar-refractivity contribution in [2.45, 2.75) is 24.9 Å². The Morgan fingerprint density at radius 1 is 0.545 bits per heavy atom. The topological polar surface area (TPSA) is 34.1 Å². The van der Waals surface area contributed by atoms with Gasteiger partial charge in [-0.3, -0.25) is 0 Å². The number of hydrogen-bond donors (Lipinski definition) is 0. The molecule has 0 aliphatic rings. The second-order valence-electron chi connectivity index (χ2n) is 8.71. The molecule has 0 aliphatic carbocycles. The minimum Gasteiger partial charge on any atom is -0.323 e. The van der Waals surface area contributed by atoms with Gasteiger partial charge in [0.25, 0.3) is 0 Å². The zero-order chi connectivity index (χ0) is 23.2. The zero-order valence-corrected chi connectivity index (χ0v) is 20.7. The minimum atomic E-state index is -2.99. The molecule has 0 bridgehead atoms. The second-order valence-corrected chi connectivity index (χ2v) is 15.1. The van der Waals surface area contributed by atoms with Crippen LogP contribution in [-0.2, 0) is 21.5 Å². The molecule has 0 saturated heterocycles. The molecule has 0 saturated carbocycles. The third-order valence-corrected chi connectivity index (χ3v) is 13.1. The highest BCUT2D eigenvalue weighted by atomic mass is 31.2. The Kier molecular flexibility index (Phi) is 7.49. The van der Waals surface area contributed by atoms with Gasteiger partial charge in [-0.05, 0) is 11.1 Å². The van der Waals surface area contributed by atoms with Gasteiger partial charge < -0.3 is 9.13 Å². The minimum absolute atomic E-state index is 0.249. The molecule has 4 heteroatoms. The highest BCUT2D eigenvalue weighted by Gasteiger charge is 2.38. The third-order valence-electron chi connectivity index (χ3n) is 6.12. The predicted octanol–water partition coefficient (Wildman–Crippen LogP) is 7.15. The molecule has 0 spiro atoms.